The Hall–Kier alpha value is -1.77. The van der Waals surface area contributed by atoms with Gasteiger partial charge in [0, 0.05) is 22.0 Å². The number of fused-ring (bicyclic) bond motifs is 1. The topological polar surface area (TPSA) is 25.2 Å². The van der Waals surface area contributed by atoms with Crippen LogP contribution >= 0.6 is 11.6 Å². The summed E-state index contributed by atoms with van der Waals surface area (Å²) in [6.45, 7) is 2.89. The van der Waals surface area contributed by atoms with Crippen LogP contribution in [0.1, 0.15) is 37.0 Å². The monoisotopic (exact) mass is 339 g/mol. The first kappa shape index (κ1) is 15.7. The van der Waals surface area contributed by atoms with Crippen LogP contribution in [0.5, 0.6) is 0 Å². The highest BCUT2D eigenvalue weighted by molar-refractivity contribution is 6.30. The summed E-state index contributed by atoms with van der Waals surface area (Å²) in [5, 5.41) is 5.61. The van der Waals surface area contributed by atoms with Crippen molar-refractivity contribution in [3.8, 4) is 11.1 Å². The van der Waals surface area contributed by atoms with E-state index in [0.29, 0.717) is 6.04 Å². The molecule has 1 heterocycles. The molecule has 4 rings (SSSR count). The first-order valence-electron chi connectivity index (χ1n) is 8.72. The molecule has 0 unspecified atom stereocenters. The Morgan fingerprint density at radius 3 is 2.58 bits per heavy atom. The second kappa shape index (κ2) is 6.62. The third kappa shape index (κ3) is 3.09. The van der Waals surface area contributed by atoms with E-state index in [1.54, 1.807) is 0 Å². The molecular formula is C21H22ClNO. The highest BCUT2D eigenvalue weighted by Gasteiger charge is 2.19. The van der Waals surface area contributed by atoms with E-state index in [2.05, 4.69) is 42.6 Å². The molecule has 3 heteroatoms. The zero-order valence-corrected chi connectivity index (χ0v) is 14.7. The van der Waals surface area contributed by atoms with E-state index >= 15 is 0 Å². The summed E-state index contributed by atoms with van der Waals surface area (Å²) in [5.74, 6) is 1.02. The predicted molar refractivity (Wildman–Crippen MR) is 100 cm³/mol. The fraction of sp³-hybridized carbons (Fsp3) is 0.333. The SMILES string of the molecule is Cc1ccc2oc(CNC3CCCC3)c(-c3ccc(Cl)cc3)c2c1. The minimum atomic E-state index is 0.623. The Balaban J connectivity index is 1.76. The molecule has 124 valence electrons. The minimum Gasteiger partial charge on any atom is -0.459 e. The Kier molecular flexibility index (Phi) is 4.34. The molecule has 0 radical (unpaired) electrons. The van der Waals surface area contributed by atoms with Gasteiger partial charge < -0.3 is 9.73 Å². The van der Waals surface area contributed by atoms with Crippen LogP contribution in [0.3, 0.4) is 0 Å². The molecule has 1 aliphatic rings. The van der Waals surface area contributed by atoms with Crippen molar-refractivity contribution in [1.82, 2.24) is 5.32 Å². The summed E-state index contributed by atoms with van der Waals surface area (Å²) in [6, 6.07) is 15.1. The van der Waals surface area contributed by atoms with Gasteiger partial charge in [-0.2, -0.15) is 0 Å². The van der Waals surface area contributed by atoms with Crippen LogP contribution in [0.2, 0.25) is 5.02 Å². The van der Waals surface area contributed by atoms with Gasteiger partial charge >= 0.3 is 0 Å². The van der Waals surface area contributed by atoms with Gasteiger partial charge in [0.25, 0.3) is 0 Å². The Morgan fingerprint density at radius 2 is 1.83 bits per heavy atom. The van der Waals surface area contributed by atoms with Gasteiger partial charge in [-0.25, -0.2) is 0 Å². The van der Waals surface area contributed by atoms with Crippen molar-refractivity contribution in [2.45, 2.75) is 45.2 Å². The summed E-state index contributed by atoms with van der Waals surface area (Å²) in [6.07, 6.45) is 5.22. The standard InChI is InChI=1S/C21H22ClNO/c1-14-6-11-19-18(12-14)21(15-7-9-16(22)10-8-15)20(24-19)13-23-17-4-2-3-5-17/h6-12,17,23H,2-5,13H2,1H3. The van der Waals surface area contributed by atoms with E-state index in [4.69, 9.17) is 16.0 Å². The lowest BCUT2D eigenvalue weighted by molar-refractivity contribution is 0.464. The van der Waals surface area contributed by atoms with Gasteiger partial charge in [-0.05, 0) is 49.6 Å². The minimum absolute atomic E-state index is 0.623. The number of hydrogen-bond acceptors (Lipinski definition) is 2. The Morgan fingerprint density at radius 1 is 1.08 bits per heavy atom. The molecule has 1 aromatic heterocycles. The second-order valence-electron chi connectivity index (χ2n) is 6.77. The van der Waals surface area contributed by atoms with E-state index in [-0.39, 0.29) is 0 Å². The van der Waals surface area contributed by atoms with Gasteiger partial charge in [-0.1, -0.05) is 48.2 Å². The van der Waals surface area contributed by atoms with Crippen molar-refractivity contribution in [3.05, 3.63) is 58.8 Å². The molecule has 0 bridgehead atoms. The summed E-state index contributed by atoms with van der Waals surface area (Å²) in [4.78, 5) is 0. The van der Waals surface area contributed by atoms with E-state index in [0.717, 1.165) is 28.5 Å². The number of benzene rings is 2. The van der Waals surface area contributed by atoms with Gasteiger partial charge in [0.05, 0.1) is 6.54 Å². The lowest BCUT2D eigenvalue weighted by atomic mass is 10.0. The van der Waals surface area contributed by atoms with Crippen LogP contribution in [-0.4, -0.2) is 6.04 Å². The smallest absolute Gasteiger partial charge is 0.135 e. The largest absolute Gasteiger partial charge is 0.459 e. The molecular weight excluding hydrogens is 318 g/mol. The molecule has 24 heavy (non-hydrogen) atoms. The van der Waals surface area contributed by atoms with E-state index in [9.17, 15) is 0 Å². The molecule has 1 saturated carbocycles. The maximum atomic E-state index is 6.20. The summed E-state index contributed by atoms with van der Waals surface area (Å²) < 4.78 is 6.20. The zero-order chi connectivity index (χ0) is 16.5. The van der Waals surface area contributed by atoms with Crippen molar-refractivity contribution in [2.24, 2.45) is 0 Å². The van der Waals surface area contributed by atoms with Crippen LogP contribution in [0.25, 0.3) is 22.1 Å². The average molecular weight is 340 g/mol. The van der Waals surface area contributed by atoms with Gasteiger partial charge in [0.2, 0.25) is 0 Å². The molecule has 2 nitrogen and oxygen atoms in total. The average Bonchev–Trinajstić information content (AvgIpc) is 3.21. The first-order chi connectivity index (χ1) is 11.7. The highest BCUT2D eigenvalue weighted by Crippen LogP contribution is 2.36. The van der Waals surface area contributed by atoms with Gasteiger partial charge in [-0.3, -0.25) is 0 Å². The molecule has 0 spiro atoms. The Bertz CT molecular complexity index is 844. The first-order valence-corrected chi connectivity index (χ1v) is 9.10. The van der Waals surface area contributed by atoms with Gasteiger partial charge in [0.15, 0.2) is 0 Å². The van der Waals surface area contributed by atoms with E-state index < -0.39 is 0 Å². The van der Waals surface area contributed by atoms with E-state index in [1.807, 2.05) is 12.1 Å². The fourth-order valence-electron chi connectivity index (χ4n) is 3.69. The lowest BCUT2D eigenvalue weighted by Gasteiger charge is -2.11. The third-order valence-corrected chi connectivity index (χ3v) is 5.21. The number of furan rings is 1. The zero-order valence-electron chi connectivity index (χ0n) is 13.9. The van der Waals surface area contributed by atoms with Gasteiger partial charge in [0.1, 0.15) is 11.3 Å². The maximum absolute atomic E-state index is 6.20. The summed E-state index contributed by atoms with van der Waals surface area (Å²) in [7, 11) is 0. The number of hydrogen-bond donors (Lipinski definition) is 1. The highest BCUT2D eigenvalue weighted by atomic mass is 35.5. The molecule has 1 N–H and O–H groups in total. The second-order valence-corrected chi connectivity index (χ2v) is 7.21. The van der Waals surface area contributed by atoms with E-state index in [1.165, 1.54) is 42.2 Å². The number of nitrogens with one attached hydrogen (secondary N) is 1. The Labute approximate surface area is 147 Å². The van der Waals surface area contributed by atoms with Crippen molar-refractivity contribution < 1.29 is 4.42 Å². The molecule has 0 aliphatic heterocycles. The van der Waals surface area contributed by atoms with Crippen molar-refractivity contribution in [2.75, 3.05) is 0 Å². The quantitative estimate of drug-likeness (QED) is 0.621. The number of aryl methyl sites for hydroxylation is 1. The van der Waals surface area contributed by atoms with Crippen molar-refractivity contribution >= 4 is 22.6 Å². The maximum Gasteiger partial charge on any atom is 0.135 e. The predicted octanol–water partition coefficient (Wildman–Crippen LogP) is 6.09. The summed E-state index contributed by atoms with van der Waals surface area (Å²) in [5.41, 5.74) is 4.55. The number of halogens is 1. The lowest BCUT2D eigenvalue weighted by Crippen LogP contribution is -2.25. The van der Waals surface area contributed by atoms with Crippen LogP contribution in [0.4, 0.5) is 0 Å². The third-order valence-electron chi connectivity index (χ3n) is 4.96. The molecule has 0 amide bonds. The van der Waals surface area contributed by atoms with Crippen LogP contribution in [0.15, 0.2) is 46.9 Å². The number of rotatable bonds is 4. The van der Waals surface area contributed by atoms with Crippen molar-refractivity contribution in [1.29, 1.82) is 0 Å². The molecule has 1 aliphatic carbocycles. The molecule has 0 atom stereocenters. The van der Waals surface area contributed by atoms with Crippen molar-refractivity contribution in [3.63, 3.8) is 0 Å². The molecule has 3 aromatic rings. The van der Waals surface area contributed by atoms with Crippen LogP contribution in [-0.2, 0) is 6.54 Å². The van der Waals surface area contributed by atoms with Crippen LogP contribution in [0, 0.1) is 6.92 Å². The molecule has 0 saturated heterocycles. The molecule has 1 fully saturated rings. The van der Waals surface area contributed by atoms with Gasteiger partial charge in [-0.15, -0.1) is 0 Å². The fourth-order valence-corrected chi connectivity index (χ4v) is 3.81. The summed E-state index contributed by atoms with van der Waals surface area (Å²) >= 11 is 6.07. The normalized spacial score (nSPS) is 15.4. The van der Waals surface area contributed by atoms with Crippen LogP contribution < -0.4 is 5.32 Å². The molecule has 2 aromatic carbocycles.